The fourth-order valence-corrected chi connectivity index (χ4v) is 2.62. The highest BCUT2D eigenvalue weighted by Gasteiger charge is 2.23. The number of nitrogens with zero attached hydrogens (tertiary/aromatic N) is 1. The summed E-state index contributed by atoms with van der Waals surface area (Å²) in [6, 6.07) is 5.72. The molecule has 1 aromatic carbocycles. The number of primary amides is 1. The summed E-state index contributed by atoms with van der Waals surface area (Å²) in [5, 5.41) is 2.77. The van der Waals surface area contributed by atoms with Crippen molar-refractivity contribution in [1.29, 1.82) is 0 Å². The van der Waals surface area contributed by atoms with Gasteiger partial charge in [0.05, 0.1) is 6.54 Å². The fraction of sp³-hybridized carbons (Fsp3) is 0.500. The zero-order valence-electron chi connectivity index (χ0n) is 13.0. The molecule has 3 N–H and O–H groups in total. The second kappa shape index (κ2) is 8.36. The Labute approximate surface area is 134 Å². The highest BCUT2D eigenvalue weighted by molar-refractivity contribution is 5.75. The number of likely N-dealkylation sites (tertiary alicyclic amines) is 1. The molecule has 1 saturated heterocycles. The van der Waals surface area contributed by atoms with Crippen molar-refractivity contribution >= 4 is 11.9 Å². The van der Waals surface area contributed by atoms with Crippen LogP contribution in [-0.4, -0.2) is 43.1 Å². The van der Waals surface area contributed by atoms with Crippen molar-refractivity contribution in [2.45, 2.75) is 19.3 Å². The van der Waals surface area contributed by atoms with Crippen molar-refractivity contribution in [3.05, 3.63) is 30.1 Å². The van der Waals surface area contributed by atoms with E-state index in [0.29, 0.717) is 31.8 Å². The molecule has 0 aromatic heterocycles. The number of amides is 3. The Bertz CT molecular complexity index is 545. The van der Waals surface area contributed by atoms with Crippen LogP contribution in [-0.2, 0) is 4.79 Å². The van der Waals surface area contributed by atoms with Crippen molar-refractivity contribution in [1.82, 2.24) is 10.2 Å². The molecule has 0 atom stereocenters. The van der Waals surface area contributed by atoms with Gasteiger partial charge in [-0.05, 0) is 30.9 Å². The summed E-state index contributed by atoms with van der Waals surface area (Å²) in [7, 11) is 0. The molecule has 126 valence electrons. The zero-order chi connectivity index (χ0) is 16.7. The predicted octanol–water partition coefficient (Wildman–Crippen LogP) is 1.50. The average Bonchev–Trinajstić information content (AvgIpc) is 2.51. The molecule has 3 amide bonds. The molecule has 0 radical (unpaired) electrons. The van der Waals surface area contributed by atoms with Gasteiger partial charge in [-0.2, -0.15) is 0 Å². The number of carbonyl (C=O) groups is 2. The van der Waals surface area contributed by atoms with Crippen LogP contribution in [0.15, 0.2) is 24.3 Å². The van der Waals surface area contributed by atoms with Gasteiger partial charge >= 0.3 is 6.03 Å². The Hall–Kier alpha value is -2.31. The van der Waals surface area contributed by atoms with Crippen molar-refractivity contribution in [3.8, 4) is 5.75 Å². The standard InChI is InChI=1S/C16H22FN3O3/c17-13-2-1-3-14(11-13)23-9-6-19-16(22)20-7-4-12(5-8-20)10-15(18)21/h1-3,11-12H,4-10H2,(H2,18,21)(H,19,22). The Morgan fingerprint density at radius 2 is 2.09 bits per heavy atom. The number of nitrogens with one attached hydrogen (secondary N) is 1. The second-order valence-corrected chi connectivity index (χ2v) is 5.64. The normalized spacial score (nSPS) is 15.3. The first-order valence-corrected chi connectivity index (χ1v) is 7.74. The third kappa shape index (κ3) is 5.77. The molecule has 23 heavy (non-hydrogen) atoms. The largest absolute Gasteiger partial charge is 0.492 e. The van der Waals surface area contributed by atoms with Crippen LogP contribution < -0.4 is 15.8 Å². The first-order chi connectivity index (χ1) is 11.0. The minimum atomic E-state index is -0.356. The quantitative estimate of drug-likeness (QED) is 0.778. The monoisotopic (exact) mass is 323 g/mol. The molecule has 2 rings (SSSR count). The van der Waals surface area contributed by atoms with E-state index in [0.717, 1.165) is 12.8 Å². The third-order valence-electron chi connectivity index (χ3n) is 3.83. The molecule has 1 heterocycles. The first kappa shape index (κ1) is 17.1. The summed E-state index contributed by atoms with van der Waals surface area (Å²) >= 11 is 0. The number of benzene rings is 1. The van der Waals surface area contributed by atoms with Crippen LogP contribution in [0.1, 0.15) is 19.3 Å². The lowest BCUT2D eigenvalue weighted by Gasteiger charge is -2.31. The minimum absolute atomic E-state index is 0.148. The Morgan fingerprint density at radius 1 is 1.35 bits per heavy atom. The molecule has 0 spiro atoms. The Kier molecular flexibility index (Phi) is 6.19. The number of piperidine rings is 1. The summed E-state index contributed by atoms with van der Waals surface area (Å²) in [5.41, 5.74) is 5.19. The fourth-order valence-electron chi connectivity index (χ4n) is 2.62. The lowest BCUT2D eigenvalue weighted by atomic mass is 9.93. The average molecular weight is 323 g/mol. The number of hydrogen-bond acceptors (Lipinski definition) is 3. The lowest BCUT2D eigenvalue weighted by molar-refractivity contribution is -0.119. The number of hydrogen-bond donors (Lipinski definition) is 2. The van der Waals surface area contributed by atoms with Gasteiger partial charge in [0.25, 0.3) is 0 Å². The summed E-state index contributed by atoms with van der Waals surface area (Å²) in [6.45, 7) is 1.85. The van der Waals surface area contributed by atoms with Gasteiger partial charge in [-0.25, -0.2) is 9.18 Å². The lowest BCUT2D eigenvalue weighted by Crippen LogP contribution is -2.45. The van der Waals surface area contributed by atoms with E-state index < -0.39 is 0 Å². The van der Waals surface area contributed by atoms with Gasteiger partial charge in [0.2, 0.25) is 5.91 Å². The SMILES string of the molecule is NC(=O)CC1CCN(C(=O)NCCOc2cccc(F)c2)CC1. The molecule has 0 bridgehead atoms. The van der Waals surface area contributed by atoms with E-state index in [-0.39, 0.29) is 30.3 Å². The molecule has 0 saturated carbocycles. The highest BCUT2D eigenvalue weighted by atomic mass is 19.1. The molecule has 1 aliphatic rings. The van der Waals surface area contributed by atoms with E-state index in [9.17, 15) is 14.0 Å². The number of urea groups is 1. The van der Waals surface area contributed by atoms with Crippen LogP contribution in [0, 0.1) is 11.7 Å². The number of rotatable bonds is 6. The van der Waals surface area contributed by atoms with E-state index >= 15 is 0 Å². The van der Waals surface area contributed by atoms with Crippen LogP contribution in [0.5, 0.6) is 5.75 Å². The van der Waals surface area contributed by atoms with E-state index in [1.54, 1.807) is 17.0 Å². The summed E-state index contributed by atoms with van der Waals surface area (Å²) in [4.78, 5) is 24.6. The number of halogens is 1. The van der Waals surface area contributed by atoms with E-state index in [2.05, 4.69) is 5.32 Å². The predicted molar refractivity (Wildman–Crippen MR) is 83.4 cm³/mol. The molecular formula is C16H22FN3O3. The van der Waals surface area contributed by atoms with E-state index in [1.165, 1.54) is 12.1 Å². The smallest absolute Gasteiger partial charge is 0.317 e. The molecule has 0 unspecified atom stereocenters. The van der Waals surface area contributed by atoms with Crippen molar-refractivity contribution in [2.24, 2.45) is 11.7 Å². The molecule has 6 nitrogen and oxygen atoms in total. The molecule has 1 aromatic rings. The van der Waals surface area contributed by atoms with Crippen LogP contribution in [0.2, 0.25) is 0 Å². The van der Waals surface area contributed by atoms with Crippen molar-refractivity contribution in [3.63, 3.8) is 0 Å². The van der Waals surface area contributed by atoms with E-state index in [1.807, 2.05) is 0 Å². The summed E-state index contributed by atoms with van der Waals surface area (Å²) in [6.07, 6.45) is 1.96. The van der Waals surface area contributed by atoms with Gasteiger partial charge in [-0.1, -0.05) is 6.07 Å². The zero-order valence-corrected chi connectivity index (χ0v) is 13.0. The van der Waals surface area contributed by atoms with E-state index in [4.69, 9.17) is 10.5 Å². The molecule has 1 aliphatic heterocycles. The molecule has 1 fully saturated rings. The van der Waals surface area contributed by atoms with Crippen LogP contribution in [0.3, 0.4) is 0 Å². The second-order valence-electron chi connectivity index (χ2n) is 5.64. The molecular weight excluding hydrogens is 301 g/mol. The topological polar surface area (TPSA) is 84.7 Å². The van der Waals surface area contributed by atoms with Gasteiger partial charge in [-0.3, -0.25) is 4.79 Å². The van der Waals surface area contributed by atoms with Crippen molar-refractivity contribution < 1.29 is 18.7 Å². The third-order valence-corrected chi connectivity index (χ3v) is 3.83. The van der Waals surface area contributed by atoms with Gasteiger partial charge in [0.1, 0.15) is 18.2 Å². The first-order valence-electron chi connectivity index (χ1n) is 7.74. The molecule has 7 heteroatoms. The maximum Gasteiger partial charge on any atom is 0.317 e. The number of nitrogens with two attached hydrogens (primary N) is 1. The van der Waals surface area contributed by atoms with Crippen LogP contribution in [0.4, 0.5) is 9.18 Å². The number of carbonyl (C=O) groups excluding carboxylic acids is 2. The Morgan fingerprint density at radius 3 is 2.74 bits per heavy atom. The van der Waals surface area contributed by atoms with Gasteiger partial charge in [0.15, 0.2) is 0 Å². The van der Waals surface area contributed by atoms with Gasteiger partial charge < -0.3 is 20.7 Å². The minimum Gasteiger partial charge on any atom is -0.492 e. The summed E-state index contributed by atoms with van der Waals surface area (Å²) < 4.78 is 18.3. The maximum atomic E-state index is 13.0. The highest BCUT2D eigenvalue weighted by Crippen LogP contribution is 2.20. The van der Waals surface area contributed by atoms with Crippen LogP contribution in [0.25, 0.3) is 0 Å². The Balaban J connectivity index is 1.63. The van der Waals surface area contributed by atoms with Crippen molar-refractivity contribution in [2.75, 3.05) is 26.2 Å². The van der Waals surface area contributed by atoms with Gasteiger partial charge in [-0.15, -0.1) is 0 Å². The van der Waals surface area contributed by atoms with Gasteiger partial charge in [0, 0.05) is 25.6 Å². The number of ether oxygens (including phenoxy) is 1. The van der Waals surface area contributed by atoms with Crippen LogP contribution >= 0.6 is 0 Å². The molecule has 0 aliphatic carbocycles. The summed E-state index contributed by atoms with van der Waals surface area (Å²) in [5.74, 6) is 0.0622. The maximum absolute atomic E-state index is 13.0.